The molecule has 0 aromatic heterocycles. The number of ether oxygens (including phenoxy) is 1. The molecule has 0 spiro atoms. The first-order chi connectivity index (χ1) is 9.78. The lowest BCUT2D eigenvalue weighted by molar-refractivity contribution is 0.414. The maximum Gasteiger partial charge on any atom is 0.119 e. The van der Waals surface area contributed by atoms with Crippen molar-refractivity contribution in [1.29, 1.82) is 0 Å². The molecule has 0 fully saturated rings. The number of hydrogen-bond donors (Lipinski definition) is 1. The van der Waals surface area contributed by atoms with E-state index >= 15 is 0 Å². The predicted octanol–water partition coefficient (Wildman–Crippen LogP) is 3.01. The van der Waals surface area contributed by atoms with Crippen LogP contribution in [0.25, 0.3) is 0 Å². The monoisotopic (exact) mass is 286 g/mol. The molecule has 0 amide bonds. The molecule has 2 rings (SSSR count). The van der Waals surface area contributed by atoms with Crippen LogP contribution in [-0.4, -0.2) is 24.5 Å². The van der Waals surface area contributed by atoms with Gasteiger partial charge < -0.3 is 15.0 Å². The molecular formula is C16H18N2OS. The second kappa shape index (κ2) is 6.91. The fourth-order valence-electron chi connectivity index (χ4n) is 2.10. The van der Waals surface area contributed by atoms with Gasteiger partial charge >= 0.3 is 0 Å². The van der Waals surface area contributed by atoms with Gasteiger partial charge in [0.15, 0.2) is 0 Å². The highest BCUT2D eigenvalue weighted by Crippen LogP contribution is 2.20. The average Bonchev–Trinajstić information content (AvgIpc) is 2.52. The fourth-order valence-corrected chi connectivity index (χ4v) is 2.28. The number of methoxy groups -OCH3 is 1. The van der Waals surface area contributed by atoms with Crippen molar-refractivity contribution in [2.24, 2.45) is 0 Å². The zero-order chi connectivity index (χ0) is 14.4. The minimum atomic E-state index is 0.793. The summed E-state index contributed by atoms with van der Waals surface area (Å²) in [6.07, 6.45) is 8.76. The number of thiocarbonyl (C=S) groups is 1. The quantitative estimate of drug-likeness (QED) is 0.841. The molecule has 0 bridgehead atoms. The third kappa shape index (κ3) is 3.27. The zero-order valence-corrected chi connectivity index (χ0v) is 12.5. The molecule has 1 N–H and O–H groups in total. The molecule has 1 aliphatic rings. The molecule has 0 saturated carbocycles. The highest BCUT2D eigenvalue weighted by Gasteiger charge is 2.11. The topological polar surface area (TPSA) is 24.5 Å². The van der Waals surface area contributed by atoms with E-state index in [9.17, 15) is 0 Å². The van der Waals surface area contributed by atoms with E-state index in [0.717, 1.165) is 23.6 Å². The van der Waals surface area contributed by atoms with Gasteiger partial charge in [-0.05, 0) is 29.8 Å². The van der Waals surface area contributed by atoms with Gasteiger partial charge in [-0.15, -0.1) is 0 Å². The van der Waals surface area contributed by atoms with Crippen molar-refractivity contribution in [3.05, 3.63) is 65.7 Å². The lowest BCUT2D eigenvalue weighted by atomic mass is 10.1. The summed E-state index contributed by atoms with van der Waals surface area (Å²) in [6.45, 7) is 0. The van der Waals surface area contributed by atoms with E-state index in [1.165, 1.54) is 5.56 Å². The first kappa shape index (κ1) is 14.3. The maximum absolute atomic E-state index is 5.26. The van der Waals surface area contributed by atoms with Crippen LogP contribution in [0.15, 0.2) is 60.1 Å². The van der Waals surface area contributed by atoms with E-state index < -0.39 is 0 Å². The summed E-state index contributed by atoms with van der Waals surface area (Å²) < 4.78 is 5.26. The van der Waals surface area contributed by atoms with Gasteiger partial charge in [-0.3, -0.25) is 0 Å². The van der Waals surface area contributed by atoms with E-state index in [0.29, 0.717) is 0 Å². The molecular weight excluding hydrogens is 268 g/mol. The van der Waals surface area contributed by atoms with Gasteiger partial charge in [0.1, 0.15) is 5.75 Å². The summed E-state index contributed by atoms with van der Waals surface area (Å²) in [6, 6.07) is 8.08. The first-order valence-corrected chi connectivity index (χ1v) is 6.88. The second-order valence-corrected chi connectivity index (χ2v) is 4.57. The van der Waals surface area contributed by atoms with Gasteiger partial charge in [0, 0.05) is 25.4 Å². The van der Waals surface area contributed by atoms with E-state index in [2.05, 4.69) is 17.5 Å². The Balaban J connectivity index is 2.30. The second-order valence-electron chi connectivity index (χ2n) is 4.36. The molecule has 1 aromatic carbocycles. The molecule has 0 radical (unpaired) electrons. The predicted molar refractivity (Wildman–Crippen MR) is 86.6 cm³/mol. The van der Waals surface area contributed by atoms with E-state index in [4.69, 9.17) is 17.0 Å². The lowest BCUT2D eigenvalue weighted by Gasteiger charge is -2.22. The van der Waals surface area contributed by atoms with E-state index in [1.54, 1.807) is 12.6 Å². The number of likely N-dealkylation sites (N-methyl/N-ethyl adjacent to an activating group) is 1. The van der Waals surface area contributed by atoms with E-state index in [-0.39, 0.29) is 0 Å². The van der Waals surface area contributed by atoms with Gasteiger partial charge in [0.05, 0.1) is 18.3 Å². The summed E-state index contributed by atoms with van der Waals surface area (Å²) >= 11 is 5.05. The van der Waals surface area contributed by atoms with Crippen LogP contribution < -0.4 is 10.1 Å². The Morgan fingerprint density at radius 3 is 2.95 bits per heavy atom. The Labute approximate surface area is 125 Å². The number of allylic oxidation sites excluding steroid dienone is 4. The smallest absolute Gasteiger partial charge is 0.119 e. The van der Waals surface area contributed by atoms with Gasteiger partial charge in [-0.1, -0.05) is 30.4 Å². The summed E-state index contributed by atoms with van der Waals surface area (Å²) in [4.78, 5) is 1.93. The number of hydrogen-bond acceptors (Lipinski definition) is 3. The zero-order valence-electron chi connectivity index (χ0n) is 11.7. The fraction of sp³-hybridized carbons (Fsp3) is 0.188. The molecule has 3 nitrogen and oxygen atoms in total. The molecule has 1 aromatic rings. The third-order valence-electron chi connectivity index (χ3n) is 3.13. The number of nitrogens with one attached hydrogen (secondary N) is 1. The summed E-state index contributed by atoms with van der Waals surface area (Å²) in [7, 11) is 3.61. The Morgan fingerprint density at radius 1 is 1.40 bits per heavy atom. The molecule has 1 aliphatic heterocycles. The normalized spacial score (nSPS) is 16.0. The molecule has 104 valence electrons. The molecule has 4 heteroatoms. The maximum atomic E-state index is 5.26. The van der Waals surface area contributed by atoms with Crippen LogP contribution in [0.2, 0.25) is 0 Å². The number of nitrogens with zero attached hydrogens (tertiary/aromatic N) is 1. The van der Waals surface area contributed by atoms with Crippen molar-refractivity contribution in [1.82, 2.24) is 10.2 Å². The largest absolute Gasteiger partial charge is 0.497 e. The summed E-state index contributed by atoms with van der Waals surface area (Å²) in [5.74, 6) is 0.869. The van der Waals surface area contributed by atoms with Crippen molar-refractivity contribution in [2.45, 2.75) is 6.42 Å². The Morgan fingerprint density at radius 2 is 2.25 bits per heavy atom. The standard InChI is InChI=1S/C16H18N2OS/c1-17-15(16-8-3-4-9-18(16)12-20)11-13-6-5-7-14(10-13)19-2/h3-10,12,17H,11H2,1-2H3/b16-15-. The SMILES string of the molecule is CN/C(Cc1cccc(OC)c1)=C1/C=CC=CN1C=S. The summed E-state index contributed by atoms with van der Waals surface area (Å²) in [5, 5.41) is 3.27. The Kier molecular flexibility index (Phi) is 4.96. The van der Waals surface area contributed by atoms with Crippen LogP contribution in [0.1, 0.15) is 5.56 Å². The van der Waals surface area contributed by atoms with Gasteiger partial charge in [-0.25, -0.2) is 0 Å². The van der Waals surface area contributed by atoms with Crippen LogP contribution in [0, 0.1) is 0 Å². The van der Waals surface area contributed by atoms with Crippen molar-refractivity contribution in [3.8, 4) is 5.75 Å². The Bertz CT molecular complexity index is 576. The molecule has 0 atom stereocenters. The number of benzene rings is 1. The summed E-state index contributed by atoms with van der Waals surface area (Å²) in [5.41, 5.74) is 5.00. The van der Waals surface area contributed by atoms with Crippen LogP contribution in [0.4, 0.5) is 0 Å². The Hall–Kier alpha value is -2.07. The molecule has 20 heavy (non-hydrogen) atoms. The van der Waals surface area contributed by atoms with Gasteiger partial charge in [-0.2, -0.15) is 0 Å². The van der Waals surface area contributed by atoms with Gasteiger partial charge in [0.25, 0.3) is 0 Å². The number of rotatable bonds is 5. The van der Waals surface area contributed by atoms with Crippen molar-refractivity contribution in [3.63, 3.8) is 0 Å². The molecule has 0 saturated heterocycles. The molecule has 1 heterocycles. The minimum Gasteiger partial charge on any atom is -0.497 e. The van der Waals surface area contributed by atoms with Crippen LogP contribution >= 0.6 is 12.2 Å². The highest BCUT2D eigenvalue weighted by atomic mass is 32.1. The molecule has 0 unspecified atom stereocenters. The van der Waals surface area contributed by atoms with E-state index in [1.807, 2.05) is 48.5 Å². The van der Waals surface area contributed by atoms with Crippen molar-refractivity contribution < 1.29 is 4.74 Å². The molecule has 0 aliphatic carbocycles. The minimum absolute atomic E-state index is 0.793. The lowest BCUT2D eigenvalue weighted by Crippen LogP contribution is -2.22. The first-order valence-electron chi connectivity index (χ1n) is 6.41. The highest BCUT2D eigenvalue weighted by molar-refractivity contribution is 7.78. The van der Waals surface area contributed by atoms with Crippen LogP contribution in [0.3, 0.4) is 0 Å². The van der Waals surface area contributed by atoms with Crippen LogP contribution in [-0.2, 0) is 6.42 Å². The van der Waals surface area contributed by atoms with Crippen molar-refractivity contribution >= 4 is 17.7 Å². The van der Waals surface area contributed by atoms with Crippen LogP contribution in [0.5, 0.6) is 5.75 Å². The third-order valence-corrected chi connectivity index (χ3v) is 3.36. The van der Waals surface area contributed by atoms with Crippen molar-refractivity contribution in [2.75, 3.05) is 14.2 Å². The average molecular weight is 286 g/mol. The van der Waals surface area contributed by atoms with Gasteiger partial charge in [0.2, 0.25) is 0 Å².